The van der Waals surface area contributed by atoms with Crippen LogP contribution in [-0.4, -0.2) is 33.5 Å². The maximum absolute atomic E-state index is 12.9. The van der Waals surface area contributed by atoms with Gasteiger partial charge in [-0.15, -0.1) is 0 Å². The molecule has 1 aromatic heterocycles. The summed E-state index contributed by atoms with van der Waals surface area (Å²) in [5.41, 5.74) is 0.819. The summed E-state index contributed by atoms with van der Waals surface area (Å²) in [5.74, 6) is -1.37. The van der Waals surface area contributed by atoms with E-state index in [-0.39, 0.29) is 0 Å². The van der Waals surface area contributed by atoms with Crippen molar-refractivity contribution in [2.24, 2.45) is 5.41 Å². The van der Waals surface area contributed by atoms with E-state index in [1.165, 1.54) is 13.8 Å². The molecule has 6 nitrogen and oxygen atoms in total. The van der Waals surface area contributed by atoms with Crippen molar-refractivity contribution in [1.29, 1.82) is 0 Å². The molecule has 9 heteroatoms. The highest BCUT2D eigenvalue weighted by atomic mass is 19.4. The van der Waals surface area contributed by atoms with E-state index in [0.29, 0.717) is 5.82 Å². The number of hydrogen-bond donors (Lipinski definition) is 3. The topological polar surface area (TPSA) is 86.9 Å². The minimum absolute atomic E-state index is 0.468. The molecule has 0 aliphatic rings. The van der Waals surface area contributed by atoms with Crippen LogP contribution in [-0.2, 0) is 9.59 Å². The zero-order chi connectivity index (χ0) is 23.6. The molecule has 0 bridgehead atoms. The number of aromatic nitrogens is 2. The van der Waals surface area contributed by atoms with E-state index in [0.717, 1.165) is 16.8 Å². The number of hydrogen-bond acceptors (Lipinski definition) is 3. The molecule has 1 atom stereocenters. The highest BCUT2D eigenvalue weighted by molar-refractivity contribution is 5.91. The Morgan fingerprint density at radius 1 is 1.06 bits per heavy atom. The summed E-state index contributed by atoms with van der Waals surface area (Å²) >= 11 is 0. The molecule has 0 radical (unpaired) electrons. The largest absolute Gasteiger partial charge is 0.397 e. The van der Waals surface area contributed by atoms with E-state index in [2.05, 4.69) is 20.6 Å². The van der Waals surface area contributed by atoms with Gasteiger partial charge in [-0.1, -0.05) is 50.6 Å². The Bertz CT molecular complexity index is 925. The third-order valence-corrected chi connectivity index (χ3v) is 4.75. The van der Waals surface area contributed by atoms with Gasteiger partial charge in [-0.3, -0.25) is 9.59 Å². The zero-order valence-electron chi connectivity index (χ0n) is 18.6. The number of nitrogens with zero attached hydrogens (tertiary/aromatic N) is 1. The number of alkyl halides is 3. The molecule has 0 saturated heterocycles. The van der Waals surface area contributed by atoms with Crippen molar-refractivity contribution in [3.8, 4) is 11.3 Å². The molecule has 0 fully saturated rings. The maximum atomic E-state index is 12.9. The van der Waals surface area contributed by atoms with E-state index >= 15 is 0 Å². The van der Waals surface area contributed by atoms with Crippen LogP contribution in [0, 0.1) is 12.3 Å². The standard InChI is InChI=1S/C22H29F3N4O2/c1-13-7-9-14(10-8-13)15-12-26-18(27-15)17(20(2,3)4)28-19(31)21(5,6)29-16(30)11-22(23,24)25/h7-10,12,17H,11H2,1-6H3,(H,26,27)(H,28,31)(H,29,30)/t17-/m1/s1. The van der Waals surface area contributed by atoms with Gasteiger partial charge < -0.3 is 15.6 Å². The van der Waals surface area contributed by atoms with Gasteiger partial charge in [0.25, 0.3) is 0 Å². The van der Waals surface area contributed by atoms with Crippen LogP contribution in [0.2, 0.25) is 0 Å². The fourth-order valence-electron chi connectivity index (χ4n) is 3.00. The first-order chi connectivity index (χ1) is 14.1. The third-order valence-electron chi connectivity index (χ3n) is 4.75. The SMILES string of the molecule is Cc1ccc(-c2cnc([C@@H](NC(=O)C(C)(C)NC(=O)CC(F)(F)F)C(C)(C)C)[nH]2)cc1. The van der Waals surface area contributed by atoms with Crippen LogP contribution in [0.3, 0.4) is 0 Å². The molecule has 0 aliphatic heterocycles. The lowest BCUT2D eigenvalue weighted by atomic mass is 9.85. The Kier molecular flexibility index (Phi) is 6.87. The fourth-order valence-corrected chi connectivity index (χ4v) is 3.00. The van der Waals surface area contributed by atoms with Gasteiger partial charge in [-0.2, -0.15) is 13.2 Å². The summed E-state index contributed by atoms with van der Waals surface area (Å²) in [7, 11) is 0. The van der Waals surface area contributed by atoms with E-state index < -0.39 is 41.4 Å². The normalized spacial score (nSPS) is 13.6. The fraction of sp³-hybridized carbons (Fsp3) is 0.500. The molecule has 0 aliphatic carbocycles. The zero-order valence-corrected chi connectivity index (χ0v) is 18.6. The summed E-state index contributed by atoms with van der Waals surface area (Å²) in [6, 6.07) is 7.29. The molecule has 2 aromatic rings. The van der Waals surface area contributed by atoms with Crippen LogP contribution in [0.1, 0.15) is 58.5 Å². The van der Waals surface area contributed by atoms with E-state index in [1.807, 2.05) is 52.0 Å². The number of carbonyl (C=O) groups excluding carboxylic acids is 2. The van der Waals surface area contributed by atoms with Crippen molar-refractivity contribution >= 4 is 11.8 Å². The predicted octanol–water partition coefficient (Wildman–Crippen LogP) is 4.44. The number of halogens is 3. The minimum atomic E-state index is -4.65. The second-order valence-corrected chi connectivity index (χ2v) is 9.29. The highest BCUT2D eigenvalue weighted by Crippen LogP contribution is 2.33. The Balaban J connectivity index is 2.21. The molecule has 3 N–H and O–H groups in total. The van der Waals surface area contributed by atoms with Crippen LogP contribution in [0.25, 0.3) is 11.3 Å². The second kappa shape index (κ2) is 8.72. The van der Waals surface area contributed by atoms with E-state index in [1.54, 1.807) is 6.20 Å². The molecule has 31 heavy (non-hydrogen) atoms. The van der Waals surface area contributed by atoms with Gasteiger partial charge >= 0.3 is 6.18 Å². The van der Waals surface area contributed by atoms with Gasteiger partial charge in [0, 0.05) is 0 Å². The number of nitrogens with one attached hydrogen (secondary N) is 3. The number of amides is 2. The first-order valence-electron chi connectivity index (χ1n) is 9.89. The number of aryl methyl sites for hydroxylation is 1. The lowest BCUT2D eigenvalue weighted by molar-refractivity contribution is -0.156. The third kappa shape index (κ3) is 6.83. The summed E-state index contributed by atoms with van der Waals surface area (Å²) in [6.07, 6.45) is -4.63. The Morgan fingerprint density at radius 2 is 1.65 bits per heavy atom. The van der Waals surface area contributed by atoms with E-state index in [4.69, 9.17) is 0 Å². The van der Waals surface area contributed by atoms with Gasteiger partial charge in [0.05, 0.1) is 17.9 Å². The van der Waals surface area contributed by atoms with Crippen molar-refractivity contribution in [2.45, 2.75) is 65.7 Å². The Morgan fingerprint density at radius 3 is 2.16 bits per heavy atom. The number of aromatic amines is 1. The summed E-state index contributed by atoms with van der Waals surface area (Å²) in [6.45, 7) is 10.4. The van der Waals surface area contributed by atoms with Crippen LogP contribution < -0.4 is 10.6 Å². The molecule has 2 amide bonds. The molecule has 1 aromatic carbocycles. The van der Waals surface area contributed by atoms with Crippen molar-refractivity contribution in [3.05, 3.63) is 41.9 Å². The molecule has 2 rings (SSSR count). The molecule has 1 heterocycles. The number of benzene rings is 1. The van der Waals surface area contributed by atoms with Crippen LogP contribution in [0.15, 0.2) is 30.5 Å². The van der Waals surface area contributed by atoms with E-state index in [9.17, 15) is 22.8 Å². The average molecular weight is 438 g/mol. The Hall–Kier alpha value is -2.84. The van der Waals surface area contributed by atoms with Gasteiger partial charge in [0.15, 0.2) is 0 Å². The molecule has 170 valence electrons. The summed E-state index contributed by atoms with van der Waals surface area (Å²) in [4.78, 5) is 32.2. The molecular weight excluding hydrogens is 409 g/mol. The number of imidazole rings is 1. The lowest BCUT2D eigenvalue weighted by Gasteiger charge is -2.34. The smallest absolute Gasteiger partial charge is 0.344 e. The van der Waals surface area contributed by atoms with Gasteiger partial charge in [-0.05, 0) is 31.7 Å². The molecule has 0 saturated carbocycles. The maximum Gasteiger partial charge on any atom is 0.397 e. The number of rotatable bonds is 6. The molecule has 0 spiro atoms. The van der Waals surface area contributed by atoms with Crippen molar-refractivity contribution < 1.29 is 22.8 Å². The number of carbonyl (C=O) groups is 2. The quantitative estimate of drug-likeness (QED) is 0.623. The number of H-pyrrole nitrogens is 1. The summed E-state index contributed by atoms with van der Waals surface area (Å²) in [5, 5.41) is 4.98. The van der Waals surface area contributed by atoms with Crippen LogP contribution >= 0.6 is 0 Å². The van der Waals surface area contributed by atoms with Gasteiger partial charge in [0.2, 0.25) is 11.8 Å². The van der Waals surface area contributed by atoms with Crippen LogP contribution in [0.4, 0.5) is 13.2 Å². The van der Waals surface area contributed by atoms with Crippen molar-refractivity contribution in [3.63, 3.8) is 0 Å². The summed E-state index contributed by atoms with van der Waals surface area (Å²) < 4.78 is 37.4. The average Bonchev–Trinajstić information content (AvgIpc) is 3.06. The van der Waals surface area contributed by atoms with Gasteiger partial charge in [-0.25, -0.2) is 4.98 Å². The minimum Gasteiger partial charge on any atom is -0.344 e. The first kappa shape index (κ1) is 24.4. The Labute approximate surface area is 180 Å². The van der Waals surface area contributed by atoms with Crippen molar-refractivity contribution in [2.75, 3.05) is 0 Å². The first-order valence-corrected chi connectivity index (χ1v) is 9.89. The monoisotopic (exact) mass is 438 g/mol. The molecular formula is C22H29F3N4O2. The molecule has 0 unspecified atom stereocenters. The van der Waals surface area contributed by atoms with Crippen molar-refractivity contribution in [1.82, 2.24) is 20.6 Å². The second-order valence-electron chi connectivity index (χ2n) is 9.29. The van der Waals surface area contributed by atoms with Crippen LogP contribution in [0.5, 0.6) is 0 Å². The predicted molar refractivity (Wildman–Crippen MR) is 112 cm³/mol. The highest BCUT2D eigenvalue weighted by Gasteiger charge is 2.38. The van der Waals surface area contributed by atoms with Gasteiger partial charge in [0.1, 0.15) is 17.8 Å². The lowest BCUT2D eigenvalue weighted by Crippen LogP contribution is -2.56.